The van der Waals surface area contributed by atoms with Crippen LogP contribution >= 0.6 is 11.3 Å². The summed E-state index contributed by atoms with van der Waals surface area (Å²) in [4.78, 5) is 57.1. The Hall–Kier alpha value is -5.19. The fourth-order valence-electron chi connectivity index (χ4n) is 8.22. The number of ether oxygens (including phenoxy) is 2. The monoisotopic (exact) mass is 706 g/mol. The number of carbonyl (C=O) groups excluding carboxylic acids is 3. The number of benzene rings is 2. The van der Waals surface area contributed by atoms with Crippen LogP contribution in [0.1, 0.15) is 52.0 Å². The Bertz CT molecular complexity index is 2190. The number of carbonyl (C=O) groups is 3. The summed E-state index contributed by atoms with van der Waals surface area (Å²) in [5.74, 6) is 0.590. The Labute approximate surface area is 298 Å². The molecule has 0 aliphatic carbocycles. The molecule has 1 N–H and O–H groups in total. The van der Waals surface area contributed by atoms with E-state index in [1.807, 2.05) is 24.3 Å². The van der Waals surface area contributed by atoms with Crippen molar-refractivity contribution in [1.82, 2.24) is 19.7 Å². The minimum absolute atomic E-state index is 0.139. The number of hydrogen-bond donors (Lipinski definition) is 1. The van der Waals surface area contributed by atoms with Crippen molar-refractivity contribution in [2.45, 2.75) is 44.8 Å². The zero-order valence-electron chi connectivity index (χ0n) is 28.8. The second-order valence-electron chi connectivity index (χ2n) is 14.2. The number of aryl methyl sites for hydroxylation is 1. The summed E-state index contributed by atoms with van der Waals surface area (Å²) < 4.78 is 14.2. The maximum absolute atomic E-state index is 13.4. The van der Waals surface area contributed by atoms with Gasteiger partial charge in [0, 0.05) is 68.1 Å². The molecule has 1 unspecified atom stereocenters. The van der Waals surface area contributed by atoms with Gasteiger partial charge in [-0.1, -0.05) is 6.07 Å². The van der Waals surface area contributed by atoms with E-state index >= 15 is 0 Å². The number of nitrogens with zero attached hydrogens (tertiary/aromatic N) is 5. The minimum atomic E-state index is -0.613. The SMILES string of the molecule is COc1cc(-c2cn(C)c(=O)c3cc(C#N)sc23)cc(OC)c1CN1CCC2(CC1)CN(c1ccc3c(c1)C(=O)N(C1CCC(=O)NC1=O)C3)C2. The molecular formula is C38H38N6O6S. The highest BCUT2D eigenvalue weighted by Crippen LogP contribution is 2.45. The van der Waals surface area contributed by atoms with Crippen LogP contribution in [-0.2, 0) is 29.7 Å². The minimum Gasteiger partial charge on any atom is -0.496 e. The number of amides is 3. The molecule has 8 rings (SSSR count). The van der Waals surface area contributed by atoms with E-state index in [9.17, 15) is 24.4 Å². The molecule has 2 aromatic heterocycles. The smallest absolute Gasteiger partial charge is 0.259 e. The molecule has 3 amide bonds. The van der Waals surface area contributed by atoms with E-state index in [2.05, 4.69) is 27.3 Å². The van der Waals surface area contributed by atoms with E-state index in [0.717, 1.165) is 71.7 Å². The van der Waals surface area contributed by atoms with E-state index in [1.54, 1.807) is 43.0 Å². The fraction of sp³-hybridized carbons (Fsp3) is 0.395. The molecule has 0 saturated carbocycles. The topological polar surface area (TPSA) is 137 Å². The molecule has 13 heteroatoms. The van der Waals surface area contributed by atoms with Gasteiger partial charge in [0.15, 0.2) is 0 Å². The van der Waals surface area contributed by atoms with Crippen molar-refractivity contribution in [2.75, 3.05) is 45.3 Å². The van der Waals surface area contributed by atoms with Gasteiger partial charge >= 0.3 is 0 Å². The van der Waals surface area contributed by atoms with Gasteiger partial charge in [0.2, 0.25) is 11.8 Å². The first-order valence-corrected chi connectivity index (χ1v) is 18.0. The predicted octanol–water partition coefficient (Wildman–Crippen LogP) is 4.02. The molecule has 0 radical (unpaired) electrons. The third-order valence-electron chi connectivity index (χ3n) is 11.1. The molecule has 1 spiro atoms. The Morgan fingerprint density at radius 1 is 1.00 bits per heavy atom. The standard InChI is InChI=1S/C38H38N6O6S/c1-41-18-28(34-27(36(41)47)15-25(16-39)51-34)23-12-31(49-2)29(32(13-23)50-3)19-42-10-8-38(9-11-42)20-43(21-38)24-5-4-22-17-44(37(48)26(22)14-24)30-6-7-33(45)40-35(30)46/h4-5,12-15,18,30H,6-11,17,19-21H2,1-3H3,(H,40,45,46). The molecule has 3 fully saturated rings. The van der Waals surface area contributed by atoms with Crippen molar-refractivity contribution in [2.24, 2.45) is 12.5 Å². The van der Waals surface area contributed by atoms with E-state index in [4.69, 9.17) is 9.47 Å². The highest BCUT2D eigenvalue weighted by molar-refractivity contribution is 7.20. The van der Waals surface area contributed by atoms with Crippen molar-refractivity contribution in [3.8, 4) is 28.7 Å². The van der Waals surface area contributed by atoms with E-state index in [0.29, 0.717) is 46.8 Å². The summed E-state index contributed by atoms with van der Waals surface area (Å²) in [5.41, 5.74) is 5.32. The van der Waals surface area contributed by atoms with Crippen LogP contribution in [-0.4, -0.2) is 78.5 Å². The lowest BCUT2D eigenvalue weighted by Gasteiger charge is -2.55. The molecular weight excluding hydrogens is 669 g/mol. The summed E-state index contributed by atoms with van der Waals surface area (Å²) in [6, 6.07) is 13.2. The van der Waals surface area contributed by atoms with Gasteiger partial charge < -0.3 is 23.8 Å². The number of imide groups is 1. The molecule has 2 aromatic carbocycles. The summed E-state index contributed by atoms with van der Waals surface area (Å²) >= 11 is 1.31. The third-order valence-corrected chi connectivity index (χ3v) is 12.2. The summed E-state index contributed by atoms with van der Waals surface area (Å²) in [6.45, 7) is 4.77. The van der Waals surface area contributed by atoms with Crippen molar-refractivity contribution in [3.05, 3.63) is 74.5 Å². The van der Waals surface area contributed by atoms with Crippen LogP contribution in [0.3, 0.4) is 0 Å². The number of aromatic nitrogens is 1. The number of rotatable bonds is 7. The molecule has 1 atom stereocenters. The zero-order valence-corrected chi connectivity index (χ0v) is 29.6. The summed E-state index contributed by atoms with van der Waals surface area (Å²) in [7, 11) is 5.03. The largest absolute Gasteiger partial charge is 0.496 e. The average molecular weight is 707 g/mol. The zero-order chi connectivity index (χ0) is 35.6. The van der Waals surface area contributed by atoms with Gasteiger partial charge in [0.1, 0.15) is 28.5 Å². The lowest BCUT2D eigenvalue weighted by Crippen LogP contribution is -2.60. The fourth-order valence-corrected chi connectivity index (χ4v) is 9.20. The maximum atomic E-state index is 13.4. The number of thiophene rings is 1. The Kier molecular flexibility index (Phi) is 8.11. The summed E-state index contributed by atoms with van der Waals surface area (Å²) in [5, 5.41) is 12.4. The number of piperidine rings is 2. The van der Waals surface area contributed by atoms with E-state index < -0.39 is 11.9 Å². The number of hydrogen-bond acceptors (Lipinski definition) is 10. The van der Waals surface area contributed by atoms with Gasteiger partial charge in [0.25, 0.3) is 11.5 Å². The Morgan fingerprint density at radius 3 is 2.39 bits per heavy atom. The van der Waals surface area contributed by atoms with Crippen LogP contribution in [0.25, 0.3) is 21.2 Å². The second kappa shape index (κ2) is 12.5. The first-order valence-electron chi connectivity index (χ1n) is 17.1. The van der Waals surface area contributed by atoms with Gasteiger partial charge in [-0.15, -0.1) is 11.3 Å². The van der Waals surface area contributed by atoms with Crippen LogP contribution in [0.4, 0.5) is 5.69 Å². The molecule has 12 nitrogen and oxygen atoms in total. The number of methoxy groups -OCH3 is 2. The van der Waals surface area contributed by atoms with Crippen molar-refractivity contribution < 1.29 is 23.9 Å². The van der Waals surface area contributed by atoms with Gasteiger partial charge in [0.05, 0.1) is 29.9 Å². The first kappa shape index (κ1) is 33.0. The number of anilines is 1. The van der Waals surface area contributed by atoms with Gasteiger partial charge in [-0.05, 0) is 73.8 Å². The average Bonchev–Trinajstić information content (AvgIpc) is 3.70. The molecule has 6 heterocycles. The van der Waals surface area contributed by atoms with Crippen molar-refractivity contribution in [1.29, 1.82) is 5.26 Å². The number of nitrogens with one attached hydrogen (secondary N) is 1. The van der Waals surface area contributed by atoms with Crippen LogP contribution < -0.4 is 25.2 Å². The van der Waals surface area contributed by atoms with Crippen molar-refractivity contribution in [3.63, 3.8) is 0 Å². The molecule has 4 aliphatic heterocycles. The normalized spacial score (nSPS) is 20.0. The highest BCUT2D eigenvalue weighted by Gasteiger charge is 2.46. The highest BCUT2D eigenvalue weighted by atomic mass is 32.1. The predicted molar refractivity (Wildman–Crippen MR) is 192 cm³/mol. The molecule has 262 valence electrons. The maximum Gasteiger partial charge on any atom is 0.259 e. The van der Waals surface area contributed by atoms with Gasteiger partial charge in [-0.3, -0.25) is 29.4 Å². The van der Waals surface area contributed by atoms with Gasteiger partial charge in [-0.2, -0.15) is 5.26 Å². The number of nitriles is 1. The van der Waals surface area contributed by atoms with Gasteiger partial charge in [-0.25, -0.2) is 0 Å². The summed E-state index contributed by atoms with van der Waals surface area (Å²) in [6.07, 6.45) is 4.50. The van der Waals surface area contributed by atoms with Crippen molar-refractivity contribution >= 4 is 44.8 Å². The Balaban J connectivity index is 0.935. The lowest BCUT2D eigenvalue weighted by molar-refractivity contribution is -0.136. The van der Waals surface area contributed by atoms with Crippen LogP contribution in [0.15, 0.2) is 47.4 Å². The number of likely N-dealkylation sites (tertiary alicyclic amines) is 1. The van der Waals surface area contributed by atoms with Crippen LogP contribution in [0.5, 0.6) is 11.5 Å². The lowest BCUT2D eigenvalue weighted by atomic mass is 9.71. The third kappa shape index (κ3) is 5.63. The number of fused-ring (bicyclic) bond motifs is 2. The molecule has 51 heavy (non-hydrogen) atoms. The van der Waals surface area contributed by atoms with Crippen LogP contribution in [0.2, 0.25) is 0 Å². The molecule has 4 aliphatic rings. The van der Waals surface area contributed by atoms with Crippen LogP contribution in [0, 0.1) is 16.7 Å². The Morgan fingerprint density at radius 2 is 1.73 bits per heavy atom. The number of pyridine rings is 1. The first-order chi connectivity index (χ1) is 24.6. The van der Waals surface area contributed by atoms with E-state index in [-0.39, 0.29) is 29.2 Å². The molecule has 0 bridgehead atoms. The molecule has 3 saturated heterocycles. The van der Waals surface area contributed by atoms with E-state index in [1.165, 1.54) is 11.3 Å². The second-order valence-corrected chi connectivity index (χ2v) is 15.2. The quantitative estimate of drug-likeness (QED) is 0.283. The molecule has 4 aromatic rings.